The summed E-state index contributed by atoms with van der Waals surface area (Å²) in [5, 5.41) is 13.5. The Kier molecular flexibility index (Phi) is 6.79. The molecule has 2 aromatic carbocycles. The minimum Gasteiger partial charge on any atom is -0.497 e. The van der Waals surface area contributed by atoms with E-state index in [9.17, 15) is 14.7 Å². The van der Waals surface area contributed by atoms with Crippen molar-refractivity contribution in [1.82, 2.24) is 10.2 Å². The van der Waals surface area contributed by atoms with E-state index in [-0.39, 0.29) is 19.1 Å². The zero-order valence-corrected chi connectivity index (χ0v) is 19.5. The molecule has 1 spiro atoms. The number of aliphatic hydroxyl groups is 1. The first-order valence-electron chi connectivity index (χ1n) is 11.3. The number of hydrogen-bond donors (Lipinski definition) is 2. The Bertz CT molecular complexity index is 1100. The summed E-state index contributed by atoms with van der Waals surface area (Å²) in [5.41, 5.74) is 1.68. The predicted octanol–water partition coefficient (Wildman–Crippen LogP) is 2.96. The van der Waals surface area contributed by atoms with E-state index in [1.165, 1.54) is 0 Å². The number of β-amino-alcohol motifs (C(OH)–C–C–N with tert-alkyl or cyclic N) is 1. The first-order valence-corrected chi connectivity index (χ1v) is 11.3. The highest BCUT2D eigenvalue weighted by molar-refractivity contribution is 6.07. The number of ether oxygens (including phenoxy) is 3. The molecule has 0 radical (unpaired) electrons. The third kappa shape index (κ3) is 4.33. The van der Waals surface area contributed by atoms with Crippen molar-refractivity contribution in [2.75, 3.05) is 27.4 Å². The van der Waals surface area contributed by atoms with Gasteiger partial charge in [-0.15, -0.1) is 6.58 Å². The minimum absolute atomic E-state index is 0.102. The van der Waals surface area contributed by atoms with Gasteiger partial charge in [-0.25, -0.2) is 4.79 Å². The summed E-state index contributed by atoms with van der Waals surface area (Å²) in [5.74, 6) is 1.37. The van der Waals surface area contributed by atoms with Crippen molar-refractivity contribution in [2.45, 2.75) is 37.3 Å². The maximum Gasteiger partial charge on any atom is 0.325 e. The number of nitrogens with zero attached hydrogens (tertiary/aromatic N) is 1. The summed E-state index contributed by atoms with van der Waals surface area (Å²) in [7, 11) is 3.14. The van der Waals surface area contributed by atoms with Crippen LogP contribution >= 0.6 is 0 Å². The number of carbonyl (C=O) groups excluding carboxylic acids is 2. The average molecular weight is 467 g/mol. The van der Waals surface area contributed by atoms with Gasteiger partial charge >= 0.3 is 6.03 Å². The molecule has 1 aliphatic carbocycles. The van der Waals surface area contributed by atoms with Gasteiger partial charge in [0.2, 0.25) is 0 Å². The van der Waals surface area contributed by atoms with Crippen LogP contribution in [0.3, 0.4) is 0 Å². The van der Waals surface area contributed by atoms with Crippen molar-refractivity contribution in [3.05, 3.63) is 65.7 Å². The predicted molar refractivity (Wildman–Crippen MR) is 126 cm³/mol. The molecule has 3 amide bonds. The van der Waals surface area contributed by atoms with Crippen LogP contribution in [0, 0.1) is 0 Å². The number of amides is 3. The van der Waals surface area contributed by atoms with Crippen molar-refractivity contribution >= 4 is 11.9 Å². The van der Waals surface area contributed by atoms with Gasteiger partial charge in [-0.05, 0) is 66.6 Å². The lowest BCUT2D eigenvalue weighted by Crippen LogP contribution is -2.47. The van der Waals surface area contributed by atoms with Gasteiger partial charge in [0.15, 0.2) is 11.5 Å². The van der Waals surface area contributed by atoms with Gasteiger partial charge in [0.25, 0.3) is 5.91 Å². The summed E-state index contributed by atoms with van der Waals surface area (Å²) in [4.78, 5) is 27.3. The van der Waals surface area contributed by atoms with E-state index >= 15 is 0 Å². The lowest BCUT2D eigenvalue weighted by Gasteiger charge is -2.33. The van der Waals surface area contributed by atoms with Gasteiger partial charge in [0, 0.05) is 0 Å². The number of allylic oxidation sites excluding steroid dienone is 1. The number of nitrogens with one attached hydrogen (secondary N) is 1. The van der Waals surface area contributed by atoms with Gasteiger partial charge in [-0.1, -0.05) is 18.2 Å². The Labute approximate surface area is 199 Å². The molecule has 0 bridgehead atoms. The molecule has 1 heterocycles. The molecule has 0 aromatic heterocycles. The van der Waals surface area contributed by atoms with Gasteiger partial charge in [-0.2, -0.15) is 0 Å². The lowest BCUT2D eigenvalue weighted by atomic mass is 9.76. The van der Waals surface area contributed by atoms with Gasteiger partial charge in [0.1, 0.15) is 24.0 Å². The zero-order valence-electron chi connectivity index (χ0n) is 19.5. The molecule has 0 unspecified atom stereocenters. The molecule has 2 aliphatic rings. The van der Waals surface area contributed by atoms with Crippen LogP contribution in [0.15, 0.2) is 49.1 Å². The number of rotatable bonds is 9. The van der Waals surface area contributed by atoms with Crippen LogP contribution in [0.5, 0.6) is 17.2 Å². The third-order valence-corrected chi connectivity index (χ3v) is 6.38. The minimum atomic E-state index is -1.11. The van der Waals surface area contributed by atoms with Crippen LogP contribution in [0.2, 0.25) is 0 Å². The maximum atomic E-state index is 13.5. The molecular formula is C26H30N2O6. The standard InChI is InChI=1S/C26H30N2O6/c1-4-6-17-8-11-22(23(13-17)33-3)34-16-19(29)15-28-24(30)26(27-25(28)31)12-5-7-18-14-20(32-2)9-10-21(18)26/h4,8-11,13-14,19,29H,1,5-7,12,15-16H2,2-3H3,(H,27,31)/t19-,26+/m0/s1. The number of benzene rings is 2. The maximum absolute atomic E-state index is 13.5. The smallest absolute Gasteiger partial charge is 0.325 e. The lowest BCUT2D eigenvalue weighted by molar-refractivity contribution is -0.133. The van der Waals surface area contributed by atoms with Crippen LogP contribution in [0.25, 0.3) is 0 Å². The van der Waals surface area contributed by atoms with E-state index in [1.54, 1.807) is 32.4 Å². The van der Waals surface area contributed by atoms with Crippen molar-refractivity contribution in [2.24, 2.45) is 0 Å². The van der Waals surface area contributed by atoms with Crippen LogP contribution in [-0.2, 0) is 23.2 Å². The number of aliphatic hydroxyl groups excluding tert-OH is 1. The van der Waals surface area contributed by atoms with Gasteiger partial charge < -0.3 is 24.6 Å². The third-order valence-electron chi connectivity index (χ3n) is 6.38. The van der Waals surface area contributed by atoms with Crippen LogP contribution < -0.4 is 19.5 Å². The second-order valence-electron chi connectivity index (χ2n) is 8.57. The first kappa shape index (κ1) is 23.6. The Morgan fingerprint density at radius 2 is 2.00 bits per heavy atom. The van der Waals surface area contributed by atoms with Crippen molar-refractivity contribution in [3.63, 3.8) is 0 Å². The van der Waals surface area contributed by atoms with Gasteiger partial charge in [-0.3, -0.25) is 9.69 Å². The number of fused-ring (bicyclic) bond motifs is 2. The first-order chi connectivity index (χ1) is 16.4. The Morgan fingerprint density at radius 1 is 1.18 bits per heavy atom. The van der Waals surface area contributed by atoms with Crippen LogP contribution in [-0.4, -0.2) is 55.4 Å². The van der Waals surface area contributed by atoms with Crippen LogP contribution in [0.1, 0.15) is 29.5 Å². The molecule has 8 heteroatoms. The SMILES string of the molecule is C=CCc1ccc(OC[C@@H](O)CN2C(=O)N[C@@]3(CCCc4cc(OC)ccc43)C2=O)c(OC)c1. The zero-order chi connectivity index (χ0) is 24.3. The molecule has 2 atom stereocenters. The summed E-state index contributed by atoms with van der Waals surface area (Å²) in [6, 6.07) is 10.5. The van der Waals surface area contributed by atoms with E-state index in [4.69, 9.17) is 14.2 Å². The molecule has 8 nitrogen and oxygen atoms in total. The Hall–Kier alpha value is -3.52. The Morgan fingerprint density at radius 3 is 2.74 bits per heavy atom. The summed E-state index contributed by atoms with van der Waals surface area (Å²) >= 11 is 0. The van der Waals surface area contributed by atoms with E-state index in [2.05, 4.69) is 11.9 Å². The molecule has 1 fully saturated rings. The molecule has 0 saturated carbocycles. The number of methoxy groups -OCH3 is 2. The van der Waals surface area contributed by atoms with Crippen LogP contribution in [0.4, 0.5) is 4.79 Å². The van der Waals surface area contributed by atoms with Crippen molar-refractivity contribution in [3.8, 4) is 17.2 Å². The normalized spacial score (nSPS) is 20.0. The van der Waals surface area contributed by atoms with E-state index in [1.807, 2.05) is 24.3 Å². The second kappa shape index (κ2) is 9.77. The summed E-state index contributed by atoms with van der Waals surface area (Å²) < 4.78 is 16.4. The monoisotopic (exact) mass is 466 g/mol. The fourth-order valence-electron chi connectivity index (χ4n) is 4.72. The molecule has 2 aromatic rings. The topological polar surface area (TPSA) is 97.3 Å². The van der Waals surface area contributed by atoms with Gasteiger partial charge in [0.05, 0.1) is 20.8 Å². The van der Waals surface area contributed by atoms with Crippen molar-refractivity contribution in [1.29, 1.82) is 0 Å². The highest BCUT2D eigenvalue weighted by Crippen LogP contribution is 2.41. The number of imide groups is 1. The molecule has 4 rings (SSSR count). The molecule has 1 saturated heterocycles. The number of aryl methyl sites for hydroxylation is 1. The quantitative estimate of drug-likeness (QED) is 0.436. The van der Waals surface area contributed by atoms with E-state index in [0.717, 1.165) is 34.4 Å². The highest BCUT2D eigenvalue weighted by atomic mass is 16.5. The van der Waals surface area contributed by atoms with E-state index in [0.29, 0.717) is 30.1 Å². The molecule has 2 N–H and O–H groups in total. The highest BCUT2D eigenvalue weighted by Gasteiger charge is 2.54. The molecular weight excluding hydrogens is 436 g/mol. The molecule has 1 aliphatic heterocycles. The molecule has 34 heavy (non-hydrogen) atoms. The fourth-order valence-corrected chi connectivity index (χ4v) is 4.72. The van der Waals surface area contributed by atoms with E-state index < -0.39 is 17.7 Å². The average Bonchev–Trinajstić information content (AvgIpc) is 3.07. The molecule has 180 valence electrons. The second-order valence-corrected chi connectivity index (χ2v) is 8.57. The number of hydrogen-bond acceptors (Lipinski definition) is 6. The largest absolute Gasteiger partial charge is 0.497 e. The fraction of sp³-hybridized carbons (Fsp3) is 0.385. The number of carbonyl (C=O) groups is 2. The summed E-state index contributed by atoms with van der Waals surface area (Å²) in [6.07, 6.45) is 3.50. The Balaban J connectivity index is 1.45. The summed E-state index contributed by atoms with van der Waals surface area (Å²) in [6.45, 7) is 3.46. The number of urea groups is 1. The van der Waals surface area contributed by atoms with Crippen molar-refractivity contribution < 1.29 is 28.9 Å².